The summed E-state index contributed by atoms with van der Waals surface area (Å²) in [4.78, 5) is 9.60. The van der Waals surface area contributed by atoms with Crippen LogP contribution in [0.1, 0.15) is 39.2 Å². The fourth-order valence-electron chi connectivity index (χ4n) is 1.79. The Bertz CT molecular complexity index is 439. The summed E-state index contributed by atoms with van der Waals surface area (Å²) in [6.45, 7) is 5.92. The van der Waals surface area contributed by atoms with E-state index < -0.39 is 0 Å². The van der Waals surface area contributed by atoms with Gasteiger partial charge in [0.05, 0.1) is 0 Å². The van der Waals surface area contributed by atoms with Crippen LogP contribution in [0.3, 0.4) is 0 Å². The van der Waals surface area contributed by atoms with Gasteiger partial charge in [-0.15, -0.1) is 0 Å². The average molecular weight is 313 g/mol. The molecule has 0 radical (unpaired) electrons. The van der Waals surface area contributed by atoms with Crippen molar-refractivity contribution in [2.24, 2.45) is 0 Å². The molecule has 1 N–H and O–H groups in total. The first-order valence-electron chi connectivity index (χ1n) is 7.01. The molecule has 1 saturated carbocycles. The number of carbonyl (C=O) groups excluding carboxylic acids is 1. The Kier molecular flexibility index (Phi) is 6.68. The molecule has 0 atom stereocenters. The Hall–Kier alpha value is -1.07. The lowest BCUT2D eigenvalue weighted by molar-refractivity contribution is -0.138. The molecule has 0 heterocycles. The van der Waals surface area contributed by atoms with Crippen LogP contribution in [0.2, 0.25) is 0 Å². The first-order chi connectivity index (χ1) is 9.80. The highest BCUT2D eigenvalue weighted by atomic mass is 32.2. The minimum Gasteiger partial charge on any atom is -0.462 e. The molecule has 0 aliphatic heterocycles. The molecule has 1 aromatic rings. The first-order valence-corrected chi connectivity index (χ1v) is 7.82. The number of rotatable bonds is 5. The summed E-state index contributed by atoms with van der Waals surface area (Å²) in [6.07, 6.45) is 3.56. The van der Waals surface area contributed by atoms with Crippen LogP contribution in [0.15, 0.2) is 24.3 Å². The maximum Gasteiger partial charge on any atom is 0.293 e. The summed E-state index contributed by atoms with van der Waals surface area (Å²) >= 11 is 1.80. The second-order valence-electron chi connectivity index (χ2n) is 6.12. The van der Waals surface area contributed by atoms with Crippen LogP contribution in [0.4, 0.5) is 4.39 Å². The monoisotopic (exact) mass is 313 g/mol. The standard InChI is InChI=1S/C11H14FNS.C5H10O2/c1-13-14-11(6-7-11)8-9-2-4-10(12)5-3-9;1-5(2,3)7-4-6/h2-5,13H,6-8H2,1H3;4H,1-3H3. The van der Waals surface area contributed by atoms with Gasteiger partial charge in [0.15, 0.2) is 0 Å². The van der Waals surface area contributed by atoms with Crippen LogP contribution in [0.5, 0.6) is 0 Å². The second kappa shape index (κ2) is 7.80. The van der Waals surface area contributed by atoms with Crippen LogP contribution in [0, 0.1) is 5.82 Å². The van der Waals surface area contributed by atoms with Crippen molar-refractivity contribution >= 4 is 18.4 Å². The third-order valence-electron chi connectivity index (χ3n) is 2.97. The zero-order valence-corrected chi connectivity index (χ0v) is 13.9. The third-order valence-corrected chi connectivity index (χ3v) is 4.16. The van der Waals surface area contributed by atoms with Crippen molar-refractivity contribution in [2.45, 2.75) is 50.4 Å². The van der Waals surface area contributed by atoms with Crippen LogP contribution in [-0.2, 0) is 16.0 Å². The van der Waals surface area contributed by atoms with Crippen molar-refractivity contribution in [3.8, 4) is 0 Å². The smallest absolute Gasteiger partial charge is 0.293 e. The molecule has 0 saturated heterocycles. The van der Waals surface area contributed by atoms with E-state index >= 15 is 0 Å². The van der Waals surface area contributed by atoms with Crippen molar-refractivity contribution in [2.75, 3.05) is 7.05 Å². The van der Waals surface area contributed by atoms with Crippen molar-refractivity contribution in [3.63, 3.8) is 0 Å². The lowest BCUT2D eigenvalue weighted by Gasteiger charge is -2.14. The van der Waals surface area contributed by atoms with E-state index in [1.807, 2.05) is 40.0 Å². The molecule has 1 aromatic carbocycles. The molecule has 0 unspecified atom stereocenters. The van der Waals surface area contributed by atoms with Crippen molar-refractivity contribution in [3.05, 3.63) is 35.6 Å². The molecule has 2 rings (SSSR count). The van der Waals surface area contributed by atoms with E-state index in [4.69, 9.17) is 0 Å². The van der Waals surface area contributed by atoms with E-state index in [9.17, 15) is 9.18 Å². The Morgan fingerprint density at radius 1 is 1.33 bits per heavy atom. The highest BCUT2D eigenvalue weighted by Gasteiger charge is 2.43. The molecular weight excluding hydrogens is 289 g/mol. The molecule has 1 aliphatic carbocycles. The molecule has 1 aliphatic rings. The fourth-order valence-corrected chi connectivity index (χ4v) is 2.77. The molecule has 0 spiro atoms. The number of ether oxygens (including phenoxy) is 1. The summed E-state index contributed by atoms with van der Waals surface area (Å²) in [7, 11) is 1.95. The second-order valence-corrected chi connectivity index (χ2v) is 7.60. The van der Waals surface area contributed by atoms with Gasteiger partial charge in [-0.25, -0.2) is 4.39 Å². The van der Waals surface area contributed by atoms with Crippen LogP contribution in [-0.4, -0.2) is 23.9 Å². The van der Waals surface area contributed by atoms with Gasteiger partial charge in [0, 0.05) is 4.75 Å². The van der Waals surface area contributed by atoms with Crippen LogP contribution in [0.25, 0.3) is 0 Å². The van der Waals surface area contributed by atoms with Crippen molar-refractivity contribution in [1.29, 1.82) is 0 Å². The number of nitrogens with one attached hydrogen (secondary N) is 1. The molecule has 118 valence electrons. The fraction of sp³-hybridized carbons (Fsp3) is 0.562. The van der Waals surface area contributed by atoms with Gasteiger partial charge in [-0.2, -0.15) is 0 Å². The molecule has 1 fully saturated rings. The predicted octanol–water partition coefficient (Wildman–Crippen LogP) is 3.73. The lowest BCUT2D eigenvalue weighted by Crippen LogP contribution is -2.17. The summed E-state index contributed by atoms with van der Waals surface area (Å²) in [5.41, 5.74) is 0.911. The highest BCUT2D eigenvalue weighted by Crippen LogP contribution is 2.49. The molecule has 3 nitrogen and oxygen atoms in total. The maximum absolute atomic E-state index is 12.7. The van der Waals surface area contributed by atoms with E-state index in [1.165, 1.54) is 30.5 Å². The van der Waals surface area contributed by atoms with Gasteiger partial charge in [-0.05, 0) is 64.8 Å². The Morgan fingerprint density at radius 2 is 1.90 bits per heavy atom. The lowest BCUT2D eigenvalue weighted by atomic mass is 10.1. The topological polar surface area (TPSA) is 38.3 Å². The van der Waals surface area contributed by atoms with Crippen LogP contribution >= 0.6 is 11.9 Å². The molecule has 0 amide bonds. The predicted molar refractivity (Wildman–Crippen MR) is 85.6 cm³/mol. The largest absolute Gasteiger partial charge is 0.462 e. The number of hydrogen-bond donors (Lipinski definition) is 1. The van der Waals surface area contributed by atoms with Gasteiger partial charge in [-0.1, -0.05) is 24.1 Å². The highest BCUT2D eigenvalue weighted by molar-refractivity contribution is 7.99. The molecule has 0 bridgehead atoms. The Morgan fingerprint density at radius 3 is 2.24 bits per heavy atom. The van der Waals surface area contributed by atoms with E-state index in [0.717, 1.165) is 6.42 Å². The molecular formula is C16H24FNO2S. The van der Waals surface area contributed by atoms with Gasteiger partial charge >= 0.3 is 0 Å². The number of carbonyl (C=O) groups is 1. The Balaban J connectivity index is 0.000000270. The molecule has 21 heavy (non-hydrogen) atoms. The van der Waals surface area contributed by atoms with Gasteiger partial charge in [0.25, 0.3) is 6.47 Å². The number of benzene rings is 1. The average Bonchev–Trinajstić information content (AvgIpc) is 3.12. The quantitative estimate of drug-likeness (QED) is 0.664. The SMILES string of the molecule is CC(C)(C)OC=O.CNSC1(Cc2ccc(F)cc2)CC1. The van der Waals surface area contributed by atoms with Crippen molar-refractivity contribution in [1.82, 2.24) is 4.72 Å². The van der Waals surface area contributed by atoms with E-state index in [2.05, 4.69) is 9.46 Å². The Labute approximate surface area is 130 Å². The minimum absolute atomic E-state index is 0.153. The summed E-state index contributed by atoms with van der Waals surface area (Å²) in [5, 5.41) is 0. The normalized spacial score (nSPS) is 15.7. The van der Waals surface area contributed by atoms with E-state index in [-0.39, 0.29) is 11.4 Å². The summed E-state index contributed by atoms with van der Waals surface area (Å²) in [5.74, 6) is -0.153. The number of halogens is 1. The zero-order valence-electron chi connectivity index (χ0n) is 13.1. The van der Waals surface area contributed by atoms with E-state index in [0.29, 0.717) is 11.2 Å². The first kappa shape index (κ1) is 18.0. The van der Waals surface area contributed by atoms with Crippen LogP contribution < -0.4 is 4.72 Å². The number of hydrogen-bond acceptors (Lipinski definition) is 4. The maximum atomic E-state index is 12.7. The third kappa shape index (κ3) is 7.48. The van der Waals surface area contributed by atoms with Gasteiger partial charge < -0.3 is 4.74 Å². The van der Waals surface area contributed by atoms with Gasteiger partial charge in [0.1, 0.15) is 11.4 Å². The van der Waals surface area contributed by atoms with E-state index in [1.54, 1.807) is 11.9 Å². The minimum atomic E-state index is -0.318. The summed E-state index contributed by atoms with van der Waals surface area (Å²) in [6, 6.07) is 6.84. The summed E-state index contributed by atoms with van der Waals surface area (Å²) < 4.78 is 20.7. The zero-order chi connectivity index (χ0) is 15.9. The molecule has 0 aromatic heterocycles. The van der Waals surface area contributed by atoms with Crippen molar-refractivity contribution < 1.29 is 13.9 Å². The van der Waals surface area contributed by atoms with Gasteiger partial charge in [0.2, 0.25) is 0 Å². The molecule has 5 heteroatoms. The van der Waals surface area contributed by atoms with Gasteiger partial charge in [-0.3, -0.25) is 9.52 Å².